The van der Waals surface area contributed by atoms with Crippen LogP contribution in [0.5, 0.6) is 0 Å². The van der Waals surface area contributed by atoms with Crippen LogP contribution in [0.15, 0.2) is 42.5 Å². The monoisotopic (exact) mass is 518 g/mol. The Bertz CT molecular complexity index is 915. The number of alkyl halides is 6. The molecule has 0 saturated carbocycles. The lowest BCUT2D eigenvalue weighted by Gasteiger charge is -2.15. The van der Waals surface area contributed by atoms with Crippen molar-refractivity contribution in [1.29, 1.82) is 0 Å². The Labute approximate surface area is 169 Å². The molecule has 0 N–H and O–H groups in total. The van der Waals surface area contributed by atoms with Crippen LogP contribution >= 0.6 is 34.2 Å². The molecular weight excluding hydrogens is 509 g/mol. The third-order valence-electron chi connectivity index (χ3n) is 3.57. The minimum atomic E-state index is -5.03. The Hall–Kier alpha value is -1.55. The van der Waals surface area contributed by atoms with E-state index in [-0.39, 0.29) is 20.2 Å². The van der Waals surface area contributed by atoms with Crippen molar-refractivity contribution in [2.45, 2.75) is 19.3 Å². The minimum absolute atomic E-state index is 0.0431. The van der Waals surface area contributed by atoms with Crippen molar-refractivity contribution in [3.05, 3.63) is 73.3 Å². The second kappa shape index (κ2) is 7.83. The zero-order valence-corrected chi connectivity index (χ0v) is 16.4. The number of hydrogen-bond donors (Lipinski definition) is 0. The van der Waals surface area contributed by atoms with E-state index in [0.29, 0.717) is 11.6 Å². The Morgan fingerprint density at radius 3 is 2.15 bits per heavy atom. The topological polar surface area (TPSA) is 17.1 Å². The van der Waals surface area contributed by atoms with Gasteiger partial charge in [0.25, 0.3) is 0 Å². The van der Waals surface area contributed by atoms with Gasteiger partial charge in [0.05, 0.1) is 11.1 Å². The van der Waals surface area contributed by atoms with Crippen LogP contribution < -0.4 is 0 Å². The maximum atomic E-state index is 13.5. The highest BCUT2D eigenvalue weighted by Gasteiger charge is 2.38. The second-order valence-corrected chi connectivity index (χ2v) is 7.26. The molecule has 0 atom stereocenters. The van der Waals surface area contributed by atoms with E-state index in [1.165, 1.54) is 40.8 Å². The quantitative estimate of drug-likeness (QED) is 0.183. The molecule has 2 rings (SSSR count). The average Bonchev–Trinajstić information content (AvgIpc) is 2.52. The maximum Gasteiger partial charge on any atom is 0.417 e. The molecule has 0 radical (unpaired) electrons. The SMILES string of the molecule is Cc1ccc(C(=O)C=C(c2cc(I)cc(C(F)(F)F)c2)C(F)(F)F)cc1Cl. The van der Waals surface area contributed by atoms with Crippen molar-refractivity contribution in [2.24, 2.45) is 0 Å². The predicted octanol–water partition coefficient (Wildman–Crippen LogP) is 7.10. The number of hydrogen-bond acceptors (Lipinski definition) is 1. The molecule has 0 bridgehead atoms. The molecule has 0 fully saturated rings. The summed E-state index contributed by atoms with van der Waals surface area (Å²) in [6, 6.07) is 5.99. The average molecular weight is 519 g/mol. The summed E-state index contributed by atoms with van der Waals surface area (Å²) in [6.07, 6.45) is -9.56. The second-order valence-electron chi connectivity index (χ2n) is 5.61. The van der Waals surface area contributed by atoms with E-state index < -0.39 is 34.8 Å². The van der Waals surface area contributed by atoms with Crippen LogP contribution in [-0.4, -0.2) is 12.0 Å². The summed E-state index contributed by atoms with van der Waals surface area (Å²) in [4.78, 5) is 12.2. The van der Waals surface area contributed by atoms with E-state index in [4.69, 9.17) is 11.6 Å². The maximum absolute atomic E-state index is 13.5. The number of carbonyl (C=O) groups excluding carboxylic acids is 1. The molecule has 1 nitrogen and oxygen atoms in total. The minimum Gasteiger partial charge on any atom is -0.289 e. The Balaban J connectivity index is 2.59. The highest BCUT2D eigenvalue weighted by molar-refractivity contribution is 14.1. The van der Waals surface area contributed by atoms with Crippen molar-refractivity contribution in [1.82, 2.24) is 0 Å². The first-order valence-corrected chi connectivity index (χ1v) is 8.72. The third kappa shape index (κ3) is 5.47. The van der Waals surface area contributed by atoms with Crippen molar-refractivity contribution in [3.8, 4) is 0 Å². The molecule has 2 aromatic rings. The molecule has 144 valence electrons. The molecule has 0 saturated heterocycles. The number of ketones is 1. The Morgan fingerprint density at radius 2 is 1.63 bits per heavy atom. The molecule has 0 amide bonds. The molecule has 27 heavy (non-hydrogen) atoms. The van der Waals surface area contributed by atoms with Gasteiger partial charge in [0.1, 0.15) is 0 Å². The van der Waals surface area contributed by atoms with Gasteiger partial charge in [-0.3, -0.25) is 4.79 Å². The Morgan fingerprint density at radius 1 is 1.00 bits per heavy atom. The van der Waals surface area contributed by atoms with Gasteiger partial charge >= 0.3 is 12.4 Å². The fourth-order valence-corrected chi connectivity index (χ4v) is 3.05. The lowest BCUT2D eigenvalue weighted by molar-refractivity contribution is -0.137. The zero-order valence-electron chi connectivity index (χ0n) is 13.5. The van der Waals surface area contributed by atoms with Crippen LogP contribution in [0.2, 0.25) is 5.02 Å². The zero-order chi connectivity index (χ0) is 20.6. The van der Waals surface area contributed by atoms with Crippen LogP contribution in [-0.2, 0) is 6.18 Å². The van der Waals surface area contributed by atoms with Crippen molar-refractivity contribution < 1.29 is 31.1 Å². The molecule has 0 aliphatic carbocycles. The summed E-state index contributed by atoms with van der Waals surface area (Å²) in [5.74, 6) is -1.02. The first-order chi connectivity index (χ1) is 12.3. The molecule has 0 unspecified atom stereocenters. The third-order valence-corrected chi connectivity index (χ3v) is 4.60. The van der Waals surface area contributed by atoms with Gasteiger partial charge in [-0.1, -0.05) is 23.7 Å². The predicted molar refractivity (Wildman–Crippen MR) is 98.7 cm³/mol. The van der Waals surface area contributed by atoms with Gasteiger partial charge in [-0.2, -0.15) is 26.3 Å². The summed E-state index contributed by atoms with van der Waals surface area (Å²) in [5, 5.41) is 0.191. The van der Waals surface area contributed by atoms with E-state index in [9.17, 15) is 31.1 Å². The first-order valence-electron chi connectivity index (χ1n) is 7.26. The van der Waals surface area contributed by atoms with Crippen LogP contribution in [0.4, 0.5) is 26.3 Å². The van der Waals surface area contributed by atoms with E-state index in [2.05, 4.69) is 0 Å². The normalized spacial score (nSPS) is 13.0. The highest BCUT2D eigenvalue weighted by atomic mass is 127. The lowest BCUT2D eigenvalue weighted by atomic mass is 9.99. The molecule has 2 aromatic carbocycles. The van der Waals surface area contributed by atoms with Gasteiger partial charge in [-0.05, 0) is 71.0 Å². The molecule has 0 spiro atoms. The van der Waals surface area contributed by atoms with Gasteiger partial charge in [-0.15, -0.1) is 0 Å². The smallest absolute Gasteiger partial charge is 0.289 e. The van der Waals surface area contributed by atoms with Crippen LogP contribution in [0.25, 0.3) is 5.57 Å². The van der Waals surface area contributed by atoms with Crippen LogP contribution in [0.3, 0.4) is 0 Å². The highest BCUT2D eigenvalue weighted by Crippen LogP contribution is 2.38. The summed E-state index contributed by atoms with van der Waals surface area (Å²) >= 11 is 7.36. The molecular formula is C18H10ClF6IO. The van der Waals surface area contributed by atoms with Gasteiger partial charge in [-0.25, -0.2) is 0 Å². The number of aryl methyl sites for hydroxylation is 1. The first kappa shape index (κ1) is 21.7. The van der Waals surface area contributed by atoms with E-state index in [0.717, 1.165) is 12.1 Å². The lowest BCUT2D eigenvalue weighted by Crippen LogP contribution is -2.14. The van der Waals surface area contributed by atoms with Gasteiger partial charge in [0, 0.05) is 14.2 Å². The molecule has 0 aliphatic heterocycles. The van der Waals surface area contributed by atoms with Gasteiger partial charge in [0.15, 0.2) is 5.78 Å². The number of rotatable bonds is 3. The van der Waals surface area contributed by atoms with Crippen molar-refractivity contribution in [2.75, 3.05) is 0 Å². The fourth-order valence-electron chi connectivity index (χ4n) is 2.20. The van der Waals surface area contributed by atoms with Crippen LogP contribution in [0, 0.1) is 10.5 Å². The summed E-state index contributed by atoms with van der Waals surface area (Å²) in [7, 11) is 0. The van der Waals surface area contributed by atoms with E-state index in [1.54, 1.807) is 6.92 Å². The molecule has 9 heteroatoms. The fraction of sp³-hybridized carbons (Fsp3) is 0.167. The van der Waals surface area contributed by atoms with E-state index >= 15 is 0 Å². The number of allylic oxidation sites excluding steroid dienone is 2. The number of benzene rings is 2. The summed E-state index contributed by atoms with van der Waals surface area (Å²) in [6.45, 7) is 1.65. The summed E-state index contributed by atoms with van der Waals surface area (Å²) in [5.41, 5.74) is -2.92. The van der Waals surface area contributed by atoms with Crippen molar-refractivity contribution >= 4 is 45.5 Å². The largest absolute Gasteiger partial charge is 0.417 e. The number of carbonyl (C=O) groups is 1. The van der Waals surface area contributed by atoms with Crippen molar-refractivity contribution in [3.63, 3.8) is 0 Å². The standard InChI is InChI=1S/C18H10ClF6IO/c1-9-2-3-10(6-15(9)19)16(27)8-14(18(23,24)25)11-4-12(17(20,21)22)7-13(26)5-11/h2-8H,1H3. The van der Waals surface area contributed by atoms with Gasteiger partial charge < -0.3 is 0 Å². The Kier molecular flexibility index (Phi) is 6.30. The van der Waals surface area contributed by atoms with E-state index in [1.807, 2.05) is 0 Å². The van der Waals surface area contributed by atoms with Gasteiger partial charge in [0.2, 0.25) is 0 Å². The molecule has 0 aromatic heterocycles. The number of halogens is 8. The summed E-state index contributed by atoms with van der Waals surface area (Å²) < 4.78 is 79.1. The molecule has 0 heterocycles. The molecule has 0 aliphatic rings. The van der Waals surface area contributed by atoms with Crippen LogP contribution in [0.1, 0.15) is 27.0 Å².